The largest absolute Gasteiger partial charge is 0.289 e. The van der Waals surface area contributed by atoms with Crippen molar-refractivity contribution in [2.24, 2.45) is 5.92 Å². The predicted molar refractivity (Wildman–Crippen MR) is 92.2 cm³/mol. The Balaban J connectivity index is 1.93. The van der Waals surface area contributed by atoms with Crippen LogP contribution < -0.4 is 0 Å². The van der Waals surface area contributed by atoms with Crippen LogP contribution in [0, 0.1) is 5.92 Å². The Morgan fingerprint density at radius 3 is 2.00 bits per heavy atom. The summed E-state index contributed by atoms with van der Waals surface area (Å²) in [5.41, 5.74) is 4.05. The summed E-state index contributed by atoms with van der Waals surface area (Å²) in [4.78, 5) is 12.8. The molecule has 110 valence electrons. The first-order valence-electron chi connectivity index (χ1n) is 7.81. The number of ketones is 1. The number of carbonyl (C=O) groups is 1. The minimum atomic E-state index is 0.200. The number of rotatable bonds is 2. The van der Waals surface area contributed by atoms with E-state index in [-0.39, 0.29) is 5.78 Å². The van der Waals surface area contributed by atoms with Gasteiger partial charge in [-0.25, -0.2) is 0 Å². The van der Waals surface area contributed by atoms with Crippen molar-refractivity contribution in [2.75, 3.05) is 0 Å². The summed E-state index contributed by atoms with van der Waals surface area (Å²) in [7, 11) is 0. The smallest absolute Gasteiger partial charge is 0.185 e. The summed E-state index contributed by atoms with van der Waals surface area (Å²) in [6.07, 6.45) is 5.97. The van der Waals surface area contributed by atoms with Gasteiger partial charge in [-0.1, -0.05) is 67.6 Å². The standard InChI is InChI=1S/C21H20O/c1-16-12-13-19(14-17-8-4-2-5-9-17)21(22)20(16)15-18-10-6-3-7-11-18/h2-11,14-16H,12-13H2,1H3/b19-14-,20-15+. The highest BCUT2D eigenvalue weighted by Crippen LogP contribution is 2.32. The average Bonchev–Trinajstić information content (AvgIpc) is 2.56. The van der Waals surface area contributed by atoms with Crippen molar-refractivity contribution in [1.29, 1.82) is 0 Å². The van der Waals surface area contributed by atoms with Gasteiger partial charge in [0.1, 0.15) is 0 Å². The second-order valence-corrected chi connectivity index (χ2v) is 5.86. The summed E-state index contributed by atoms with van der Waals surface area (Å²) in [6.45, 7) is 2.14. The minimum absolute atomic E-state index is 0.200. The molecule has 0 aromatic heterocycles. The van der Waals surface area contributed by atoms with Crippen LogP contribution in [0.5, 0.6) is 0 Å². The van der Waals surface area contributed by atoms with E-state index in [2.05, 4.69) is 6.92 Å². The van der Waals surface area contributed by atoms with Gasteiger partial charge < -0.3 is 0 Å². The average molecular weight is 288 g/mol. The number of Topliss-reactive ketones (excluding diaryl/α,β-unsaturated/α-hetero) is 1. The third-order valence-electron chi connectivity index (χ3n) is 4.19. The molecule has 1 aliphatic rings. The highest BCUT2D eigenvalue weighted by atomic mass is 16.1. The molecule has 0 heterocycles. The van der Waals surface area contributed by atoms with E-state index >= 15 is 0 Å². The Bertz CT molecular complexity index is 708. The van der Waals surface area contributed by atoms with Crippen LogP contribution in [-0.4, -0.2) is 5.78 Å². The molecule has 0 N–H and O–H groups in total. The summed E-state index contributed by atoms with van der Waals surface area (Å²) in [5.74, 6) is 0.520. The molecule has 1 nitrogen and oxygen atoms in total. The van der Waals surface area contributed by atoms with E-state index in [0.717, 1.165) is 35.1 Å². The third-order valence-corrected chi connectivity index (χ3v) is 4.19. The van der Waals surface area contributed by atoms with Crippen LogP contribution in [0.1, 0.15) is 30.9 Å². The molecule has 0 bridgehead atoms. The molecule has 1 fully saturated rings. The Kier molecular flexibility index (Phi) is 4.34. The van der Waals surface area contributed by atoms with Gasteiger partial charge in [0.2, 0.25) is 0 Å². The van der Waals surface area contributed by atoms with Crippen molar-refractivity contribution in [3.05, 3.63) is 82.9 Å². The predicted octanol–water partition coefficient (Wildman–Crippen LogP) is 5.15. The fourth-order valence-electron chi connectivity index (χ4n) is 2.88. The zero-order chi connectivity index (χ0) is 15.4. The number of carbonyl (C=O) groups excluding carboxylic acids is 1. The monoisotopic (exact) mass is 288 g/mol. The molecule has 1 unspecified atom stereocenters. The summed E-state index contributed by atoms with van der Waals surface area (Å²) >= 11 is 0. The van der Waals surface area contributed by atoms with E-state index < -0.39 is 0 Å². The third kappa shape index (κ3) is 3.25. The lowest BCUT2D eigenvalue weighted by Crippen LogP contribution is -2.19. The van der Waals surface area contributed by atoms with E-state index in [4.69, 9.17) is 0 Å². The van der Waals surface area contributed by atoms with Crippen LogP contribution in [-0.2, 0) is 4.79 Å². The molecule has 0 radical (unpaired) electrons. The molecule has 0 amide bonds. The molecule has 2 aromatic carbocycles. The molecular weight excluding hydrogens is 268 g/mol. The second-order valence-electron chi connectivity index (χ2n) is 5.86. The van der Waals surface area contributed by atoms with Crippen molar-refractivity contribution in [3.63, 3.8) is 0 Å². The number of hydrogen-bond donors (Lipinski definition) is 0. The highest BCUT2D eigenvalue weighted by molar-refractivity contribution is 6.14. The minimum Gasteiger partial charge on any atom is -0.289 e. The first-order chi connectivity index (χ1) is 10.7. The number of allylic oxidation sites excluding steroid dienone is 2. The highest BCUT2D eigenvalue weighted by Gasteiger charge is 2.26. The van der Waals surface area contributed by atoms with Crippen LogP contribution in [0.2, 0.25) is 0 Å². The lowest BCUT2D eigenvalue weighted by atomic mass is 9.80. The zero-order valence-electron chi connectivity index (χ0n) is 12.8. The van der Waals surface area contributed by atoms with Gasteiger partial charge in [-0.2, -0.15) is 0 Å². The van der Waals surface area contributed by atoms with Crippen molar-refractivity contribution in [1.82, 2.24) is 0 Å². The maximum absolute atomic E-state index is 12.8. The lowest BCUT2D eigenvalue weighted by molar-refractivity contribution is -0.113. The molecule has 0 saturated heterocycles. The quantitative estimate of drug-likeness (QED) is 0.698. The van der Waals surface area contributed by atoms with Crippen LogP contribution in [0.3, 0.4) is 0 Å². The molecule has 3 rings (SSSR count). The van der Waals surface area contributed by atoms with Gasteiger partial charge >= 0.3 is 0 Å². The maximum atomic E-state index is 12.8. The van der Waals surface area contributed by atoms with Crippen molar-refractivity contribution in [2.45, 2.75) is 19.8 Å². The topological polar surface area (TPSA) is 17.1 Å². The molecule has 1 atom stereocenters. The Morgan fingerprint density at radius 1 is 0.864 bits per heavy atom. The van der Waals surface area contributed by atoms with Crippen LogP contribution in [0.25, 0.3) is 12.2 Å². The Morgan fingerprint density at radius 2 is 1.41 bits per heavy atom. The Hall–Kier alpha value is -2.41. The molecule has 1 heteroatoms. The van der Waals surface area contributed by atoms with Crippen molar-refractivity contribution in [3.8, 4) is 0 Å². The fourth-order valence-corrected chi connectivity index (χ4v) is 2.88. The van der Waals surface area contributed by atoms with Crippen molar-refractivity contribution < 1.29 is 4.79 Å². The molecule has 0 aliphatic heterocycles. The molecule has 1 aliphatic carbocycles. The van der Waals surface area contributed by atoms with E-state index in [1.165, 1.54) is 0 Å². The molecule has 22 heavy (non-hydrogen) atoms. The number of benzene rings is 2. The summed E-state index contributed by atoms with van der Waals surface area (Å²) < 4.78 is 0. The molecule has 1 saturated carbocycles. The summed E-state index contributed by atoms with van der Waals surface area (Å²) in [6, 6.07) is 20.2. The fraction of sp³-hybridized carbons (Fsp3) is 0.190. The van der Waals surface area contributed by atoms with E-state index in [1.807, 2.05) is 72.8 Å². The number of hydrogen-bond acceptors (Lipinski definition) is 1. The van der Waals surface area contributed by atoms with E-state index in [1.54, 1.807) is 0 Å². The van der Waals surface area contributed by atoms with Gasteiger partial charge in [0, 0.05) is 11.1 Å². The van der Waals surface area contributed by atoms with Crippen LogP contribution in [0.4, 0.5) is 0 Å². The van der Waals surface area contributed by atoms with Crippen LogP contribution in [0.15, 0.2) is 71.8 Å². The van der Waals surface area contributed by atoms with Gasteiger partial charge in [-0.05, 0) is 42.0 Å². The molecule has 0 spiro atoms. The molecular formula is C21H20O. The van der Waals surface area contributed by atoms with Gasteiger partial charge in [0.25, 0.3) is 0 Å². The van der Waals surface area contributed by atoms with E-state index in [9.17, 15) is 4.79 Å². The van der Waals surface area contributed by atoms with Gasteiger partial charge in [0.05, 0.1) is 0 Å². The maximum Gasteiger partial charge on any atom is 0.185 e. The SMILES string of the molecule is CC1CC/C(=C/c2ccccc2)C(=O)/C1=C/c1ccccc1. The van der Waals surface area contributed by atoms with Crippen molar-refractivity contribution >= 4 is 17.9 Å². The van der Waals surface area contributed by atoms with Gasteiger partial charge in [-0.3, -0.25) is 4.79 Å². The first-order valence-corrected chi connectivity index (χ1v) is 7.81. The first kappa shape index (κ1) is 14.5. The van der Waals surface area contributed by atoms with E-state index in [0.29, 0.717) is 5.92 Å². The summed E-state index contributed by atoms with van der Waals surface area (Å²) in [5, 5.41) is 0. The van der Waals surface area contributed by atoms with Gasteiger partial charge in [0.15, 0.2) is 5.78 Å². The second kappa shape index (κ2) is 6.57. The normalized spacial score (nSPS) is 22.2. The lowest BCUT2D eigenvalue weighted by Gasteiger charge is -2.23. The Labute approximate surface area is 132 Å². The van der Waals surface area contributed by atoms with Crippen LogP contribution >= 0.6 is 0 Å². The zero-order valence-corrected chi connectivity index (χ0v) is 12.8. The molecule has 2 aromatic rings. The van der Waals surface area contributed by atoms with Gasteiger partial charge in [-0.15, -0.1) is 0 Å².